The molecule has 27 heavy (non-hydrogen) atoms. The first-order chi connectivity index (χ1) is 12.7. The highest BCUT2D eigenvalue weighted by Gasteiger charge is 2.36. The molecule has 6 heteroatoms. The first-order valence-electron chi connectivity index (χ1n) is 8.76. The van der Waals surface area contributed by atoms with Gasteiger partial charge >= 0.3 is 0 Å². The van der Waals surface area contributed by atoms with Gasteiger partial charge in [-0.2, -0.15) is 0 Å². The Morgan fingerprint density at radius 3 is 2.04 bits per heavy atom. The number of hydrogen-bond acceptors (Lipinski definition) is 4. The molecule has 2 rings (SSSR count). The lowest BCUT2D eigenvalue weighted by molar-refractivity contribution is -0.135. The summed E-state index contributed by atoms with van der Waals surface area (Å²) in [5.41, 5.74) is -0.107. The van der Waals surface area contributed by atoms with E-state index in [1.54, 1.807) is 69.5 Å². The molecule has 2 aromatic rings. The third-order valence-corrected chi connectivity index (χ3v) is 3.95. The minimum absolute atomic E-state index is 0.0738. The number of anilines is 2. The van der Waals surface area contributed by atoms with Crippen LogP contribution in [-0.4, -0.2) is 25.0 Å². The number of hydrogen-bond donors (Lipinski definition) is 2. The summed E-state index contributed by atoms with van der Waals surface area (Å²) in [7, 11) is 1.55. The smallest absolute Gasteiger partial charge is 0.239 e. The van der Waals surface area contributed by atoms with Gasteiger partial charge in [-0.1, -0.05) is 6.07 Å². The van der Waals surface area contributed by atoms with Gasteiger partial charge in [-0.15, -0.1) is 0 Å². The average Bonchev–Trinajstić information content (AvgIpc) is 2.63. The molecule has 0 spiro atoms. The fraction of sp³-hybridized carbons (Fsp3) is 0.333. The van der Waals surface area contributed by atoms with Crippen molar-refractivity contribution >= 4 is 23.2 Å². The van der Waals surface area contributed by atoms with E-state index in [-0.39, 0.29) is 6.10 Å². The van der Waals surface area contributed by atoms with Gasteiger partial charge in [0.1, 0.15) is 16.9 Å². The molecule has 0 saturated heterocycles. The van der Waals surface area contributed by atoms with Gasteiger partial charge in [0.2, 0.25) is 11.8 Å². The van der Waals surface area contributed by atoms with Crippen LogP contribution in [0.25, 0.3) is 0 Å². The average molecular weight is 370 g/mol. The van der Waals surface area contributed by atoms with Gasteiger partial charge in [0.15, 0.2) is 0 Å². The van der Waals surface area contributed by atoms with Crippen molar-refractivity contribution in [1.29, 1.82) is 0 Å². The molecule has 0 aliphatic rings. The third kappa shape index (κ3) is 5.48. The molecule has 0 aliphatic heterocycles. The van der Waals surface area contributed by atoms with Crippen molar-refractivity contribution in [2.75, 3.05) is 17.7 Å². The van der Waals surface area contributed by atoms with Gasteiger partial charge in [-0.3, -0.25) is 9.59 Å². The van der Waals surface area contributed by atoms with Gasteiger partial charge in [0.05, 0.1) is 13.2 Å². The first kappa shape index (κ1) is 20.3. The van der Waals surface area contributed by atoms with Crippen LogP contribution in [0.3, 0.4) is 0 Å². The molecule has 2 N–H and O–H groups in total. The highest BCUT2D eigenvalue weighted by atomic mass is 16.5. The van der Waals surface area contributed by atoms with Crippen molar-refractivity contribution < 1.29 is 19.1 Å². The van der Waals surface area contributed by atoms with Crippen molar-refractivity contribution in [3.8, 4) is 11.5 Å². The molecular formula is C21H26N2O4. The van der Waals surface area contributed by atoms with E-state index in [1.807, 2.05) is 13.8 Å². The van der Waals surface area contributed by atoms with E-state index >= 15 is 0 Å². The largest absolute Gasteiger partial charge is 0.497 e. The van der Waals surface area contributed by atoms with E-state index < -0.39 is 17.2 Å². The van der Waals surface area contributed by atoms with E-state index in [0.717, 1.165) is 5.75 Å². The van der Waals surface area contributed by atoms with Gasteiger partial charge < -0.3 is 20.1 Å². The number of benzene rings is 2. The lowest BCUT2D eigenvalue weighted by atomic mass is 9.90. The number of nitrogens with one attached hydrogen (secondary N) is 2. The Labute approximate surface area is 159 Å². The van der Waals surface area contributed by atoms with Gasteiger partial charge in [-0.05, 0) is 64.1 Å². The highest BCUT2D eigenvalue weighted by molar-refractivity contribution is 6.14. The third-order valence-electron chi connectivity index (χ3n) is 3.95. The van der Waals surface area contributed by atoms with Gasteiger partial charge in [-0.25, -0.2) is 0 Å². The molecule has 0 fully saturated rings. The molecule has 0 bridgehead atoms. The topological polar surface area (TPSA) is 76.7 Å². The lowest BCUT2D eigenvalue weighted by Crippen LogP contribution is -2.41. The van der Waals surface area contributed by atoms with Crippen molar-refractivity contribution in [3.05, 3.63) is 48.5 Å². The molecule has 0 saturated carbocycles. The van der Waals surface area contributed by atoms with Crippen molar-refractivity contribution in [1.82, 2.24) is 0 Å². The van der Waals surface area contributed by atoms with Crippen LogP contribution >= 0.6 is 0 Å². The van der Waals surface area contributed by atoms with Crippen LogP contribution in [0.5, 0.6) is 11.5 Å². The minimum Gasteiger partial charge on any atom is -0.497 e. The zero-order chi connectivity index (χ0) is 20.0. The number of methoxy groups -OCH3 is 1. The Hall–Kier alpha value is -3.02. The second kappa shape index (κ2) is 8.58. The second-order valence-electron chi connectivity index (χ2n) is 6.96. The SMILES string of the molecule is COc1cccc(NC(=O)C(C)(C)C(=O)Nc2ccc(OC(C)C)cc2)c1. The molecule has 2 aromatic carbocycles. The second-order valence-corrected chi connectivity index (χ2v) is 6.96. The Morgan fingerprint density at radius 2 is 1.48 bits per heavy atom. The standard InChI is InChI=1S/C21H26N2O4/c1-14(2)27-17-11-9-15(10-12-17)22-19(24)21(3,4)20(25)23-16-7-6-8-18(13-16)26-5/h6-14H,1-5H3,(H,22,24)(H,23,25). The number of carbonyl (C=O) groups excluding carboxylic acids is 2. The van der Waals surface area contributed by atoms with E-state index in [2.05, 4.69) is 10.6 Å². The van der Waals surface area contributed by atoms with E-state index in [1.165, 1.54) is 0 Å². The number of ether oxygens (including phenoxy) is 2. The van der Waals surface area contributed by atoms with Crippen LogP contribution in [0, 0.1) is 5.41 Å². The monoisotopic (exact) mass is 370 g/mol. The summed E-state index contributed by atoms with van der Waals surface area (Å²) in [4.78, 5) is 25.2. The molecule has 0 atom stereocenters. The predicted molar refractivity (Wildman–Crippen MR) is 106 cm³/mol. The van der Waals surface area contributed by atoms with E-state index in [4.69, 9.17) is 9.47 Å². The zero-order valence-corrected chi connectivity index (χ0v) is 16.3. The summed E-state index contributed by atoms with van der Waals surface area (Å²) in [6, 6.07) is 14.0. The minimum atomic E-state index is -1.27. The summed E-state index contributed by atoms with van der Waals surface area (Å²) in [6.07, 6.45) is 0.0738. The fourth-order valence-corrected chi connectivity index (χ4v) is 2.27. The van der Waals surface area contributed by atoms with E-state index in [0.29, 0.717) is 17.1 Å². The van der Waals surface area contributed by atoms with Crippen LogP contribution in [-0.2, 0) is 9.59 Å². The molecular weight excluding hydrogens is 344 g/mol. The normalized spacial score (nSPS) is 11.0. The summed E-state index contributed by atoms with van der Waals surface area (Å²) >= 11 is 0. The summed E-state index contributed by atoms with van der Waals surface area (Å²) in [5.74, 6) is 0.533. The molecule has 2 amide bonds. The molecule has 0 aliphatic carbocycles. The summed E-state index contributed by atoms with van der Waals surface area (Å²) < 4.78 is 10.7. The zero-order valence-electron chi connectivity index (χ0n) is 16.3. The van der Waals surface area contributed by atoms with Gasteiger partial charge in [0.25, 0.3) is 0 Å². The van der Waals surface area contributed by atoms with E-state index in [9.17, 15) is 9.59 Å². The maximum atomic E-state index is 12.6. The summed E-state index contributed by atoms with van der Waals surface area (Å²) in [5, 5.41) is 5.53. The van der Waals surface area contributed by atoms with Crippen LogP contribution in [0.1, 0.15) is 27.7 Å². The Bertz CT molecular complexity index is 798. The van der Waals surface area contributed by atoms with Gasteiger partial charge in [0, 0.05) is 17.4 Å². The Balaban J connectivity index is 2.03. The molecule has 6 nitrogen and oxygen atoms in total. The van der Waals surface area contributed by atoms with Crippen molar-refractivity contribution in [3.63, 3.8) is 0 Å². The quantitative estimate of drug-likeness (QED) is 0.720. The van der Waals surface area contributed by atoms with Crippen LogP contribution < -0.4 is 20.1 Å². The maximum absolute atomic E-state index is 12.6. The molecule has 0 aromatic heterocycles. The fourth-order valence-electron chi connectivity index (χ4n) is 2.27. The van der Waals surface area contributed by atoms with Crippen molar-refractivity contribution in [2.45, 2.75) is 33.8 Å². The number of amides is 2. The maximum Gasteiger partial charge on any atom is 0.239 e. The molecule has 144 valence electrons. The Kier molecular flexibility index (Phi) is 6.45. The number of carbonyl (C=O) groups is 2. The molecule has 0 heterocycles. The van der Waals surface area contributed by atoms with Crippen LogP contribution in [0.15, 0.2) is 48.5 Å². The van der Waals surface area contributed by atoms with Crippen LogP contribution in [0.2, 0.25) is 0 Å². The number of rotatable bonds is 7. The predicted octanol–water partition coefficient (Wildman–Crippen LogP) is 4.09. The first-order valence-corrected chi connectivity index (χ1v) is 8.76. The van der Waals surface area contributed by atoms with Crippen molar-refractivity contribution in [2.24, 2.45) is 5.41 Å². The highest BCUT2D eigenvalue weighted by Crippen LogP contribution is 2.24. The van der Waals surface area contributed by atoms with Crippen LogP contribution in [0.4, 0.5) is 11.4 Å². The lowest BCUT2D eigenvalue weighted by Gasteiger charge is -2.23. The Morgan fingerprint density at radius 1 is 0.889 bits per heavy atom. The summed E-state index contributed by atoms with van der Waals surface area (Å²) in [6.45, 7) is 7.04. The molecule has 0 radical (unpaired) electrons. The molecule has 0 unspecified atom stereocenters.